The third-order valence-corrected chi connectivity index (χ3v) is 4.27. The van der Waals surface area contributed by atoms with E-state index >= 15 is 0 Å². The Bertz CT molecular complexity index is 518. The zero-order chi connectivity index (χ0) is 15.6. The Balaban J connectivity index is 2.24. The summed E-state index contributed by atoms with van der Waals surface area (Å²) in [5, 5.41) is 9.16. The van der Waals surface area contributed by atoms with E-state index in [1.54, 1.807) is 0 Å². The summed E-state index contributed by atoms with van der Waals surface area (Å²) in [6, 6.07) is 0.960. The fourth-order valence-corrected chi connectivity index (χ4v) is 3.07. The third-order valence-electron chi connectivity index (χ3n) is 4.27. The van der Waals surface area contributed by atoms with Crippen molar-refractivity contribution < 1.29 is 19.0 Å². The normalized spacial score (nSPS) is 25.9. The Morgan fingerprint density at radius 1 is 1.48 bits per heavy atom. The van der Waals surface area contributed by atoms with E-state index in [-0.39, 0.29) is 17.5 Å². The van der Waals surface area contributed by atoms with Crippen molar-refractivity contribution in [2.45, 2.75) is 46.1 Å². The van der Waals surface area contributed by atoms with Gasteiger partial charge in [-0.2, -0.15) is 0 Å². The van der Waals surface area contributed by atoms with Crippen LogP contribution in [0.2, 0.25) is 0 Å². The van der Waals surface area contributed by atoms with Crippen LogP contribution in [0.15, 0.2) is 12.3 Å². The van der Waals surface area contributed by atoms with Crippen LogP contribution in [-0.2, 0) is 0 Å². The highest BCUT2D eigenvalue weighted by atomic mass is 19.1. The number of hydrogen-bond acceptors (Lipinski definition) is 3. The van der Waals surface area contributed by atoms with Crippen molar-refractivity contribution in [1.82, 2.24) is 4.98 Å². The maximum absolute atomic E-state index is 13.2. The molecule has 0 saturated heterocycles. The van der Waals surface area contributed by atoms with Crippen LogP contribution in [0.5, 0.6) is 5.88 Å². The highest BCUT2D eigenvalue weighted by molar-refractivity contribution is 5.90. The van der Waals surface area contributed by atoms with Crippen molar-refractivity contribution in [2.75, 3.05) is 0 Å². The number of carboxylic acids is 1. The van der Waals surface area contributed by atoms with Crippen molar-refractivity contribution in [3.05, 3.63) is 23.6 Å². The molecule has 1 aromatic heterocycles. The van der Waals surface area contributed by atoms with Crippen LogP contribution in [0, 0.1) is 23.6 Å². The first kappa shape index (κ1) is 15.7. The lowest BCUT2D eigenvalue weighted by Gasteiger charge is -2.37. The molecule has 1 aliphatic rings. The zero-order valence-electron chi connectivity index (χ0n) is 12.7. The van der Waals surface area contributed by atoms with Gasteiger partial charge in [-0.3, -0.25) is 0 Å². The van der Waals surface area contributed by atoms with Crippen molar-refractivity contribution in [1.29, 1.82) is 0 Å². The molecule has 116 valence electrons. The average Bonchev–Trinajstić information content (AvgIpc) is 2.40. The second kappa shape index (κ2) is 6.41. The lowest BCUT2D eigenvalue weighted by atomic mass is 9.75. The maximum atomic E-state index is 13.2. The van der Waals surface area contributed by atoms with Crippen molar-refractivity contribution in [3.63, 3.8) is 0 Å². The van der Waals surface area contributed by atoms with Crippen LogP contribution in [0.3, 0.4) is 0 Å². The standard InChI is InChI=1S/C16H22FNO3/c1-9(2)12-5-4-10(3)6-14(12)21-15-13(16(19)20)7-11(17)8-18-15/h7-10,12,14H,4-6H2,1-3H3,(H,19,20). The van der Waals surface area contributed by atoms with Crippen LogP contribution >= 0.6 is 0 Å². The molecule has 1 aromatic rings. The van der Waals surface area contributed by atoms with E-state index in [0.717, 1.165) is 31.5 Å². The van der Waals surface area contributed by atoms with Gasteiger partial charge in [0.15, 0.2) is 0 Å². The Morgan fingerprint density at radius 2 is 2.19 bits per heavy atom. The molecular weight excluding hydrogens is 273 g/mol. The summed E-state index contributed by atoms with van der Waals surface area (Å²) < 4.78 is 19.1. The molecule has 1 fully saturated rings. The number of aromatic nitrogens is 1. The molecule has 1 aliphatic carbocycles. The van der Waals surface area contributed by atoms with Gasteiger partial charge in [0.1, 0.15) is 17.5 Å². The minimum absolute atomic E-state index is 0.0219. The molecule has 1 heterocycles. The number of carboxylic acid groups (broad SMARTS) is 1. The Morgan fingerprint density at radius 3 is 2.81 bits per heavy atom. The van der Waals surface area contributed by atoms with E-state index in [1.165, 1.54) is 0 Å². The molecule has 0 bridgehead atoms. The van der Waals surface area contributed by atoms with Gasteiger partial charge in [0.05, 0.1) is 6.20 Å². The summed E-state index contributed by atoms with van der Waals surface area (Å²) >= 11 is 0. The second-order valence-corrected chi connectivity index (χ2v) is 6.29. The summed E-state index contributed by atoms with van der Waals surface area (Å²) in [6.45, 7) is 6.46. The van der Waals surface area contributed by atoms with E-state index in [9.17, 15) is 9.18 Å². The first-order chi connectivity index (χ1) is 9.88. The van der Waals surface area contributed by atoms with E-state index in [0.29, 0.717) is 17.8 Å². The van der Waals surface area contributed by atoms with E-state index in [4.69, 9.17) is 9.84 Å². The summed E-state index contributed by atoms with van der Waals surface area (Å²) in [6.07, 6.45) is 4.03. The molecule has 3 unspecified atom stereocenters. The predicted molar refractivity (Wildman–Crippen MR) is 76.9 cm³/mol. The van der Waals surface area contributed by atoms with E-state index < -0.39 is 11.8 Å². The molecule has 1 N–H and O–H groups in total. The first-order valence-corrected chi connectivity index (χ1v) is 7.44. The van der Waals surface area contributed by atoms with Crippen LogP contribution in [-0.4, -0.2) is 22.2 Å². The topological polar surface area (TPSA) is 59.4 Å². The van der Waals surface area contributed by atoms with Gasteiger partial charge in [0, 0.05) is 0 Å². The molecule has 21 heavy (non-hydrogen) atoms. The van der Waals surface area contributed by atoms with Gasteiger partial charge < -0.3 is 9.84 Å². The number of aromatic carboxylic acids is 1. The van der Waals surface area contributed by atoms with Crippen LogP contribution in [0.4, 0.5) is 4.39 Å². The van der Waals surface area contributed by atoms with Gasteiger partial charge in [-0.15, -0.1) is 0 Å². The molecule has 2 rings (SSSR count). The number of halogens is 1. The Kier molecular flexibility index (Phi) is 4.80. The Labute approximate surface area is 124 Å². The smallest absolute Gasteiger partial charge is 0.341 e. The summed E-state index contributed by atoms with van der Waals surface area (Å²) in [5.41, 5.74) is -0.212. The molecule has 0 spiro atoms. The number of carbonyl (C=O) groups is 1. The molecular formula is C16H22FNO3. The molecule has 0 aromatic carbocycles. The second-order valence-electron chi connectivity index (χ2n) is 6.29. The number of ether oxygens (including phenoxy) is 1. The zero-order valence-corrected chi connectivity index (χ0v) is 12.7. The number of rotatable bonds is 4. The SMILES string of the molecule is CC1CCC(C(C)C)C(Oc2ncc(F)cc2C(=O)O)C1. The monoisotopic (exact) mass is 295 g/mol. The van der Waals surface area contributed by atoms with Crippen LogP contribution in [0.25, 0.3) is 0 Å². The minimum Gasteiger partial charge on any atom is -0.477 e. The van der Waals surface area contributed by atoms with Gasteiger partial charge >= 0.3 is 5.97 Å². The van der Waals surface area contributed by atoms with Crippen molar-refractivity contribution in [3.8, 4) is 5.88 Å². The van der Waals surface area contributed by atoms with Gasteiger partial charge in [-0.25, -0.2) is 14.2 Å². The van der Waals surface area contributed by atoms with Crippen LogP contribution in [0.1, 0.15) is 50.4 Å². The molecule has 0 amide bonds. The highest BCUT2D eigenvalue weighted by Gasteiger charge is 2.33. The molecule has 1 saturated carbocycles. The van der Waals surface area contributed by atoms with E-state index in [1.807, 2.05) is 0 Å². The van der Waals surface area contributed by atoms with Gasteiger partial charge in [-0.05, 0) is 36.7 Å². The summed E-state index contributed by atoms with van der Waals surface area (Å²) in [7, 11) is 0. The fraction of sp³-hybridized carbons (Fsp3) is 0.625. The van der Waals surface area contributed by atoms with E-state index in [2.05, 4.69) is 25.8 Å². The lowest BCUT2D eigenvalue weighted by Crippen LogP contribution is -2.37. The van der Waals surface area contributed by atoms with Gasteiger partial charge in [0.25, 0.3) is 0 Å². The number of pyridine rings is 1. The van der Waals surface area contributed by atoms with Gasteiger partial charge in [-0.1, -0.05) is 27.2 Å². The molecule has 4 nitrogen and oxygen atoms in total. The highest BCUT2D eigenvalue weighted by Crippen LogP contribution is 2.36. The quantitative estimate of drug-likeness (QED) is 0.918. The molecule has 3 atom stereocenters. The molecule has 5 heteroatoms. The summed E-state index contributed by atoms with van der Waals surface area (Å²) in [5.74, 6) is -0.502. The molecule has 0 aliphatic heterocycles. The number of nitrogens with zero attached hydrogens (tertiary/aromatic N) is 1. The lowest BCUT2D eigenvalue weighted by molar-refractivity contribution is 0.0402. The van der Waals surface area contributed by atoms with Crippen LogP contribution < -0.4 is 4.74 Å². The summed E-state index contributed by atoms with van der Waals surface area (Å²) in [4.78, 5) is 15.0. The minimum atomic E-state index is -1.22. The fourth-order valence-electron chi connectivity index (χ4n) is 3.07. The third kappa shape index (κ3) is 3.71. The first-order valence-electron chi connectivity index (χ1n) is 7.44. The van der Waals surface area contributed by atoms with Crippen molar-refractivity contribution in [2.24, 2.45) is 17.8 Å². The van der Waals surface area contributed by atoms with Gasteiger partial charge in [0.2, 0.25) is 5.88 Å². The largest absolute Gasteiger partial charge is 0.477 e. The average molecular weight is 295 g/mol. The van der Waals surface area contributed by atoms with Crippen molar-refractivity contribution >= 4 is 5.97 Å². The number of hydrogen-bond donors (Lipinski definition) is 1. The maximum Gasteiger partial charge on any atom is 0.341 e. The Hall–Kier alpha value is -1.65. The molecule has 0 radical (unpaired) electrons. The predicted octanol–water partition coefficient (Wildman–Crippen LogP) is 3.76.